The van der Waals surface area contributed by atoms with Gasteiger partial charge in [0.1, 0.15) is 48.8 Å². The molecule has 0 aliphatic carbocycles. The van der Waals surface area contributed by atoms with Crippen LogP contribution in [0.4, 0.5) is 0 Å². The third kappa shape index (κ3) is 3.01. The molecule has 3 aliphatic heterocycles. The minimum absolute atomic E-state index is 0.277. The summed E-state index contributed by atoms with van der Waals surface area (Å²) in [6.07, 6.45) is -8.28. The summed E-state index contributed by atoms with van der Waals surface area (Å²) in [5.74, 6) is 0. The summed E-state index contributed by atoms with van der Waals surface area (Å²) in [4.78, 5) is 0. The largest absolute Gasteiger partial charge is 0.394 e. The van der Waals surface area contributed by atoms with Crippen LogP contribution >= 0.6 is 0 Å². The number of rotatable bonds is 4. The lowest BCUT2D eigenvalue weighted by Crippen LogP contribution is -2.62. The van der Waals surface area contributed by atoms with E-state index in [-0.39, 0.29) is 18.8 Å². The van der Waals surface area contributed by atoms with Crippen molar-refractivity contribution in [3.8, 4) is 0 Å². The second-order valence-corrected chi connectivity index (χ2v) is 6.18. The first-order valence-electron chi connectivity index (χ1n) is 7.73. The van der Waals surface area contributed by atoms with Crippen molar-refractivity contribution in [2.24, 2.45) is 0 Å². The van der Waals surface area contributed by atoms with Crippen LogP contribution in [0.1, 0.15) is 6.92 Å². The third-order valence-electron chi connectivity index (χ3n) is 4.74. The highest BCUT2D eigenvalue weighted by Crippen LogP contribution is 2.34. The zero-order chi connectivity index (χ0) is 16.7. The van der Waals surface area contributed by atoms with Crippen molar-refractivity contribution in [1.82, 2.24) is 0 Å². The highest BCUT2D eigenvalue weighted by Gasteiger charge is 2.53. The molecule has 9 heteroatoms. The van der Waals surface area contributed by atoms with Gasteiger partial charge >= 0.3 is 0 Å². The zero-order valence-electron chi connectivity index (χ0n) is 13.0. The van der Waals surface area contributed by atoms with Gasteiger partial charge in [-0.1, -0.05) is 0 Å². The molecule has 3 rings (SSSR count). The normalized spacial score (nSPS) is 53.5. The van der Waals surface area contributed by atoms with Gasteiger partial charge in [-0.3, -0.25) is 0 Å². The average Bonchev–Trinajstić information content (AvgIpc) is 2.84. The highest BCUT2D eigenvalue weighted by atomic mass is 16.7. The number of hydrogen-bond donors (Lipinski definition) is 4. The zero-order valence-corrected chi connectivity index (χ0v) is 13.0. The van der Waals surface area contributed by atoms with Gasteiger partial charge in [0, 0.05) is 7.11 Å². The van der Waals surface area contributed by atoms with Gasteiger partial charge in [-0.15, -0.1) is 0 Å². The van der Waals surface area contributed by atoms with E-state index >= 15 is 0 Å². The van der Waals surface area contributed by atoms with Gasteiger partial charge in [-0.2, -0.15) is 0 Å². The molecule has 0 spiro atoms. The molecule has 0 saturated carbocycles. The van der Waals surface area contributed by atoms with Crippen LogP contribution in [0.3, 0.4) is 0 Å². The molecule has 4 unspecified atom stereocenters. The van der Waals surface area contributed by atoms with Gasteiger partial charge in [-0.05, 0) is 6.92 Å². The first kappa shape index (κ1) is 17.5. The van der Waals surface area contributed by atoms with Crippen LogP contribution in [-0.2, 0) is 23.7 Å². The van der Waals surface area contributed by atoms with Crippen molar-refractivity contribution >= 4 is 0 Å². The minimum atomic E-state index is -1.26. The Morgan fingerprint density at radius 2 is 1.78 bits per heavy atom. The number of ether oxygens (including phenoxy) is 5. The maximum Gasteiger partial charge on any atom is 0.187 e. The second-order valence-electron chi connectivity index (χ2n) is 6.18. The lowest BCUT2D eigenvalue weighted by Gasteiger charge is -2.44. The van der Waals surface area contributed by atoms with Crippen molar-refractivity contribution in [2.45, 2.75) is 68.1 Å². The average molecular weight is 336 g/mol. The molecule has 3 saturated heterocycles. The van der Waals surface area contributed by atoms with E-state index in [0.717, 1.165) is 0 Å². The number of hydrogen-bond acceptors (Lipinski definition) is 9. The molecule has 3 heterocycles. The molecule has 10 atom stereocenters. The van der Waals surface area contributed by atoms with Crippen LogP contribution in [0.25, 0.3) is 0 Å². The van der Waals surface area contributed by atoms with Crippen molar-refractivity contribution in [3.05, 3.63) is 0 Å². The van der Waals surface area contributed by atoms with E-state index in [1.807, 2.05) is 0 Å². The number of aliphatic hydroxyl groups is 4. The fraction of sp³-hybridized carbons (Fsp3) is 1.00. The summed E-state index contributed by atoms with van der Waals surface area (Å²) in [6.45, 7) is 1.58. The van der Waals surface area contributed by atoms with E-state index in [2.05, 4.69) is 0 Å². The minimum Gasteiger partial charge on any atom is -0.394 e. The summed E-state index contributed by atoms with van der Waals surface area (Å²) in [5, 5.41) is 39.7. The van der Waals surface area contributed by atoms with Crippen LogP contribution < -0.4 is 0 Å². The second kappa shape index (κ2) is 6.87. The van der Waals surface area contributed by atoms with Crippen LogP contribution in [0, 0.1) is 0 Å². The Morgan fingerprint density at radius 1 is 1.04 bits per heavy atom. The first-order valence-corrected chi connectivity index (χ1v) is 7.73. The summed E-state index contributed by atoms with van der Waals surface area (Å²) < 4.78 is 27.5. The Bertz CT molecular complexity index is 408. The molecule has 3 aliphatic rings. The summed E-state index contributed by atoms with van der Waals surface area (Å²) in [6, 6.07) is 0. The third-order valence-corrected chi connectivity index (χ3v) is 4.74. The topological polar surface area (TPSA) is 127 Å². The Morgan fingerprint density at radius 3 is 2.43 bits per heavy atom. The molecule has 0 aromatic carbocycles. The number of aliphatic hydroxyl groups excluding tert-OH is 4. The van der Waals surface area contributed by atoms with Crippen molar-refractivity contribution < 1.29 is 44.1 Å². The fourth-order valence-corrected chi connectivity index (χ4v) is 3.40. The molecule has 0 radical (unpaired) electrons. The molecule has 0 aromatic rings. The predicted molar refractivity (Wildman–Crippen MR) is 73.5 cm³/mol. The van der Waals surface area contributed by atoms with Crippen LogP contribution in [0.15, 0.2) is 0 Å². The Kier molecular flexibility index (Phi) is 5.21. The van der Waals surface area contributed by atoms with E-state index < -0.39 is 55.6 Å². The van der Waals surface area contributed by atoms with E-state index in [9.17, 15) is 20.4 Å². The van der Waals surface area contributed by atoms with E-state index in [0.29, 0.717) is 0 Å². The quantitative estimate of drug-likeness (QED) is 0.436. The number of fused-ring (bicyclic) bond motifs is 2. The molecule has 23 heavy (non-hydrogen) atoms. The summed E-state index contributed by atoms with van der Waals surface area (Å²) in [7, 11) is 1.34. The van der Waals surface area contributed by atoms with Crippen molar-refractivity contribution in [3.63, 3.8) is 0 Å². The first-order chi connectivity index (χ1) is 11.0. The molecule has 2 bridgehead atoms. The molecule has 9 nitrogen and oxygen atoms in total. The summed E-state index contributed by atoms with van der Waals surface area (Å²) >= 11 is 0. The predicted octanol–water partition coefficient (Wildman–Crippen LogP) is -2.63. The Balaban J connectivity index is 1.72. The van der Waals surface area contributed by atoms with Gasteiger partial charge in [0.2, 0.25) is 0 Å². The molecule has 4 N–H and O–H groups in total. The van der Waals surface area contributed by atoms with E-state index in [1.165, 1.54) is 7.11 Å². The smallest absolute Gasteiger partial charge is 0.187 e. The molecular formula is C14H24O9. The Labute approximate surface area is 133 Å². The van der Waals surface area contributed by atoms with E-state index in [1.54, 1.807) is 6.92 Å². The van der Waals surface area contributed by atoms with E-state index in [4.69, 9.17) is 23.7 Å². The SMILES string of the molecule is CO[C@@H]1C(O)[C@H](O[C@H]2C3OC[C@H]2O[C@@H](C)C3O)OC(CO)[C@@H]1O. The van der Waals surface area contributed by atoms with Crippen molar-refractivity contribution in [2.75, 3.05) is 20.3 Å². The summed E-state index contributed by atoms with van der Waals surface area (Å²) in [5.41, 5.74) is 0. The van der Waals surface area contributed by atoms with Gasteiger partial charge in [-0.25, -0.2) is 0 Å². The monoisotopic (exact) mass is 336 g/mol. The van der Waals surface area contributed by atoms with Crippen LogP contribution in [0.5, 0.6) is 0 Å². The van der Waals surface area contributed by atoms with Gasteiger partial charge in [0.15, 0.2) is 6.29 Å². The number of methoxy groups -OCH3 is 1. The van der Waals surface area contributed by atoms with Crippen LogP contribution in [0.2, 0.25) is 0 Å². The molecule has 0 amide bonds. The standard InChI is InChI=1S/C14H24O9/c1-5-8(16)13-11(7(21-5)4-20-13)23-14-10(18)12(19-2)9(17)6(3-15)22-14/h5-18H,3-4H2,1-2H3/t5-,6?,7+,8?,9-,10?,11+,12-,13?,14-/m0/s1. The Hall–Kier alpha value is -0.360. The fourth-order valence-electron chi connectivity index (χ4n) is 3.40. The molecule has 0 aromatic heterocycles. The van der Waals surface area contributed by atoms with Gasteiger partial charge in [0.05, 0.1) is 19.3 Å². The van der Waals surface area contributed by atoms with Gasteiger partial charge < -0.3 is 44.1 Å². The maximum absolute atomic E-state index is 10.3. The molecule has 3 fully saturated rings. The lowest BCUT2D eigenvalue weighted by molar-refractivity contribution is -0.330. The molecular weight excluding hydrogens is 312 g/mol. The van der Waals surface area contributed by atoms with Crippen LogP contribution in [-0.4, -0.2) is 102 Å². The molecule has 134 valence electrons. The van der Waals surface area contributed by atoms with Gasteiger partial charge in [0.25, 0.3) is 0 Å². The highest BCUT2D eigenvalue weighted by molar-refractivity contribution is 4.99. The lowest BCUT2D eigenvalue weighted by atomic mass is 9.97. The van der Waals surface area contributed by atoms with Crippen molar-refractivity contribution in [1.29, 1.82) is 0 Å². The maximum atomic E-state index is 10.3.